The minimum atomic E-state index is -0.453. The van der Waals surface area contributed by atoms with Crippen molar-refractivity contribution in [3.05, 3.63) is 45.9 Å². The Hall–Kier alpha value is -1.77. The molecule has 0 bridgehead atoms. The maximum absolute atomic E-state index is 12.5. The number of hydrogen-bond donors (Lipinski definition) is 2. The Kier molecular flexibility index (Phi) is 6.39. The summed E-state index contributed by atoms with van der Waals surface area (Å²) in [6, 6.07) is 7.97. The van der Waals surface area contributed by atoms with Gasteiger partial charge in [-0.2, -0.15) is 0 Å². The predicted octanol–water partition coefficient (Wildman–Crippen LogP) is 3.45. The first kappa shape index (κ1) is 19.0. The molecule has 0 spiro atoms. The maximum atomic E-state index is 12.5. The molecule has 1 aromatic carbocycles. The van der Waals surface area contributed by atoms with Crippen LogP contribution < -0.4 is 10.6 Å². The van der Waals surface area contributed by atoms with E-state index in [9.17, 15) is 9.59 Å². The Morgan fingerprint density at radius 1 is 1.23 bits per heavy atom. The van der Waals surface area contributed by atoms with Gasteiger partial charge in [0.2, 0.25) is 11.8 Å². The highest BCUT2D eigenvalue weighted by molar-refractivity contribution is 9.10. The van der Waals surface area contributed by atoms with Gasteiger partial charge in [-0.05, 0) is 30.5 Å². The molecule has 1 aromatic heterocycles. The van der Waals surface area contributed by atoms with E-state index in [-0.39, 0.29) is 24.7 Å². The molecule has 138 valence electrons. The van der Waals surface area contributed by atoms with E-state index in [2.05, 4.69) is 31.5 Å². The van der Waals surface area contributed by atoms with Crippen LogP contribution in [-0.4, -0.2) is 30.0 Å². The lowest BCUT2D eigenvalue weighted by Gasteiger charge is -2.38. The van der Waals surface area contributed by atoms with Gasteiger partial charge < -0.3 is 15.4 Å². The largest absolute Gasteiger partial charge is 0.381 e. The molecule has 0 radical (unpaired) electrons. The average molecular weight is 438 g/mol. The molecule has 8 heteroatoms. The van der Waals surface area contributed by atoms with E-state index in [4.69, 9.17) is 4.74 Å². The minimum absolute atomic E-state index is 0.122. The van der Waals surface area contributed by atoms with Gasteiger partial charge in [0.15, 0.2) is 5.13 Å². The summed E-state index contributed by atoms with van der Waals surface area (Å²) in [5, 5.41) is 8.18. The summed E-state index contributed by atoms with van der Waals surface area (Å²) in [5.74, 6) is -0.347. The van der Waals surface area contributed by atoms with Crippen LogP contribution in [0.1, 0.15) is 31.2 Å². The Labute approximate surface area is 164 Å². The summed E-state index contributed by atoms with van der Waals surface area (Å²) in [6.07, 6.45) is 3.30. The summed E-state index contributed by atoms with van der Waals surface area (Å²) in [4.78, 5) is 28.5. The first-order valence-electron chi connectivity index (χ1n) is 8.42. The number of benzene rings is 1. The molecule has 3 rings (SSSR count). The number of thiazole rings is 1. The number of hydrogen-bond acceptors (Lipinski definition) is 5. The molecule has 1 aliphatic rings. The van der Waals surface area contributed by atoms with Crippen molar-refractivity contribution >= 4 is 44.2 Å². The number of nitrogens with zero attached hydrogens (tertiary/aromatic N) is 1. The third-order valence-electron chi connectivity index (χ3n) is 4.36. The molecule has 1 fully saturated rings. The Morgan fingerprint density at radius 3 is 2.69 bits per heavy atom. The van der Waals surface area contributed by atoms with Gasteiger partial charge in [-0.3, -0.25) is 9.59 Å². The smallest absolute Gasteiger partial charge is 0.226 e. The van der Waals surface area contributed by atoms with Crippen LogP contribution in [0.3, 0.4) is 0 Å². The lowest BCUT2D eigenvalue weighted by Crippen LogP contribution is -2.49. The molecule has 2 amide bonds. The van der Waals surface area contributed by atoms with Crippen molar-refractivity contribution in [2.45, 2.75) is 31.2 Å². The summed E-state index contributed by atoms with van der Waals surface area (Å²) in [7, 11) is 0. The summed E-state index contributed by atoms with van der Waals surface area (Å²) >= 11 is 4.85. The summed E-state index contributed by atoms with van der Waals surface area (Å²) < 4.78 is 6.45. The quantitative estimate of drug-likeness (QED) is 0.724. The van der Waals surface area contributed by atoms with Crippen molar-refractivity contribution in [3.8, 4) is 0 Å². The molecule has 2 heterocycles. The molecular formula is C18H20BrN3O3S. The number of aromatic nitrogens is 1. The minimum Gasteiger partial charge on any atom is -0.381 e. The van der Waals surface area contributed by atoms with Gasteiger partial charge in [-0.1, -0.05) is 28.1 Å². The van der Waals surface area contributed by atoms with Gasteiger partial charge in [0.1, 0.15) is 0 Å². The fraction of sp³-hybridized carbons (Fsp3) is 0.389. The summed E-state index contributed by atoms with van der Waals surface area (Å²) in [6.45, 7) is 1.19. The van der Waals surface area contributed by atoms with Gasteiger partial charge in [-0.25, -0.2) is 4.98 Å². The van der Waals surface area contributed by atoms with E-state index in [1.54, 1.807) is 11.6 Å². The fourth-order valence-electron chi connectivity index (χ4n) is 3.02. The van der Waals surface area contributed by atoms with Crippen LogP contribution in [0, 0.1) is 0 Å². The van der Waals surface area contributed by atoms with Gasteiger partial charge in [0, 0.05) is 42.1 Å². The number of carbonyl (C=O) groups excluding carboxylic acids is 2. The molecule has 1 saturated heterocycles. The Morgan fingerprint density at radius 2 is 2.00 bits per heavy atom. The highest BCUT2D eigenvalue weighted by Gasteiger charge is 2.36. The molecule has 2 aromatic rings. The molecule has 0 unspecified atom stereocenters. The molecule has 0 atom stereocenters. The monoisotopic (exact) mass is 437 g/mol. The second-order valence-corrected chi connectivity index (χ2v) is 7.95. The number of nitrogens with one attached hydrogen (secondary N) is 2. The zero-order valence-electron chi connectivity index (χ0n) is 14.2. The van der Waals surface area contributed by atoms with Crippen molar-refractivity contribution in [1.29, 1.82) is 0 Å². The van der Waals surface area contributed by atoms with Crippen LogP contribution in [-0.2, 0) is 19.9 Å². The number of anilines is 1. The van der Waals surface area contributed by atoms with Crippen molar-refractivity contribution in [2.75, 3.05) is 18.5 Å². The number of ether oxygens (including phenoxy) is 1. The van der Waals surface area contributed by atoms with Crippen LogP contribution in [0.5, 0.6) is 0 Å². The van der Waals surface area contributed by atoms with Crippen LogP contribution in [0.2, 0.25) is 0 Å². The normalized spacial score (nSPS) is 16.0. The van der Waals surface area contributed by atoms with E-state index in [1.807, 2.05) is 24.3 Å². The number of amides is 2. The zero-order chi connectivity index (χ0) is 18.4. The number of rotatable bonds is 6. The highest BCUT2D eigenvalue weighted by atomic mass is 79.9. The highest BCUT2D eigenvalue weighted by Crippen LogP contribution is 2.33. The Bertz CT molecular complexity index is 761. The van der Waals surface area contributed by atoms with E-state index < -0.39 is 5.54 Å². The SMILES string of the molecule is O=C(CCC(=O)NC1(c2cccc(Br)c2)CCOCC1)Nc1nccs1. The van der Waals surface area contributed by atoms with Crippen LogP contribution in [0.25, 0.3) is 0 Å². The first-order valence-corrected chi connectivity index (χ1v) is 10.1. The van der Waals surface area contributed by atoms with E-state index in [1.165, 1.54) is 11.3 Å². The number of halogens is 1. The first-order chi connectivity index (χ1) is 12.6. The van der Waals surface area contributed by atoms with Gasteiger partial charge in [0.25, 0.3) is 0 Å². The standard InChI is InChI=1S/C18H20BrN3O3S/c19-14-3-1-2-13(12-14)18(6-9-25-10-7-18)22-16(24)5-4-15(23)21-17-20-8-11-26-17/h1-3,8,11-12H,4-7,9-10H2,(H,22,24)(H,20,21,23). The van der Waals surface area contributed by atoms with E-state index in [0.717, 1.165) is 10.0 Å². The van der Waals surface area contributed by atoms with E-state index in [0.29, 0.717) is 31.2 Å². The van der Waals surface area contributed by atoms with Crippen molar-refractivity contribution < 1.29 is 14.3 Å². The third kappa shape index (κ3) is 4.90. The van der Waals surface area contributed by atoms with Gasteiger partial charge >= 0.3 is 0 Å². The molecule has 0 aliphatic carbocycles. The maximum Gasteiger partial charge on any atom is 0.226 e. The van der Waals surface area contributed by atoms with Gasteiger partial charge in [-0.15, -0.1) is 11.3 Å². The molecule has 6 nitrogen and oxygen atoms in total. The zero-order valence-corrected chi connectivity index (χ0v) is 16.6. The molecule has 0 saturated carbocycles. The van der Waals surface area contributed by atoms with Crippen molar-refractivity contribution in [2.24, 2.45) is 0 Å². The third-order valence-corrected chi connectivity index (χ3v) is 5.54. The lowest BCUT2D eigenvalue weighted by molar-refractivity contribution is -0.127. The average Bonchev–Trinajstić information content (AvgIpc) is 3.14. The van der Waals surface area contributed by atoms with Gasteiger partial charge in [0.05, 0.1) is 5.54 Å². The second-order valence-electron chi connectivity index (χ2n) is 6.14. The topological polar surface area (TPSA) is 80.3 Å². The molecular weight excluding hydrogens is 418 g/mol. The molecule has 2 N–H and O–H groups in total. The fourth-order valence-corrected chi connectivity index (χ4v) is 3.96. The molecule has 26 heavy (non-hydrogen) atoms. The van der Waals surface area contributed by atoms with Crippen molar-refractivity contribution in [3.63, 3.8) is 0 Å². The van der Waals surface area contributed by atoms with Crippen LogP contribution in [0.15, 0.2) is 40.3 Å². The van der Waals surface area contributed by atoms with E-state index >= 15 is 0 Å². The Balaban J connectivity index is 1.61. The second kappa shape index (κ2) is 8.75. The lowest BCUT2D eigenvalue weighted by atomic mass is 9.82. The van der Waals surface area contributed by atoms with Crippen molar-refractivity contribution in [1.82, 2.24) is 10.3 Å². The summed E-state index contributed by atoms with van der Waals surface area (Å²) in [5.41, 5.74) is 0.598. The predicted molar refractivity (Wildman–Crippen MR) is 104 cm³/mol. The van der Waals surface area contributed by atoms with Crippen LogP contribution >= 0.6 is 27.3 Å². The van der Waals surface area contributed by atoms with Crippen LogP contribution in [0.4, 0.5) is 5.13 Å². The number of carbonyl (C=O) groups is 2. The molecule has 1 aliphatic heterocycles.